The lowest BCUT2D eigenvalue weighted by Crippen LogP contribution is -2.59. The van der Waals surface area contributed by atoms with Crippen molar-refractivity contribution in [2.24, 2.45) is 28.6 Å². The Hall–Kier alpha value is -2.47. The Morgan fingerprint density at radius 1 is 1.22 bits per heavy atom. The van der Waals surface area contributed by atoms with Crippen molar-refractivity contribution in [2.75, 3.05) is 7.05 Å². The van der Waals surface area contributed by atoms with Crippen LogP contribution in [0.5, 0.6) is 0 Å². The third-order valence-electron chi connectivity index (χ3n) is 9.43. The van der Waals surface area contributed by atoms with Crippen molar-refractivity contribution in [3.8, 4) is 0 Å². The van der Waals surface area contributed by atoms with Gasteiger partial charge in [0, 0.05) is 36.1 Å². The van der Waals surface area contributed by atoms with Gasteiger partial charge in [0.25, 0.3) is 5.69 Å². The number of likely N-dealkylation sites (N-methyl/N-ethyl adjacent to an activating group) is 1. The fourth-order valence-corrected chi connectivity index (χ4v) is 7.68. The topological polar surface area (TPSA) is 83.7 Å². The summed E-state index contributed by atoms with van der Waals surface area (Å²) in [5.74, 6) is 1.49. The van der Waals surface area contributed by atoms with E-state index in [0.717, 1.165) is 43.2 Å². The second-order valence-corrected chi connectivity index (χ2v) is 10.8. The lowest BCUT2D eigenvalue weighted by atomic mass is 9.48. The maximum Gasteiger partial charge on any atom is 0.270 e. The number of amides is 1. The lowest BCUT2D eigenvalue weighted by Gasteiger charge is -2.59. The normalized spacial score (nSPS) is 41.9. The first-order valence-electron chi connectivity index (χ1n) is 11.7. The summed E-state index contributed by atoms with van der Waals surface area (Å²) in [6, 6.07) is 6.89. The molecule has 1 amide bonds. The van der Waals surface area contributed by atoms with Crippen molar-refractivity contribution in [1.29, 1.82) is 0 Å². The highest BCUT2D eigenvalue weighted by Gasteiger charge is 2.61. The number of nitro benzene ring substituents is 1. The zero-order valence-electron chi connectivity index (χ0n) is 19.0. The smallest absolute Gasteiger partial charge is 0.270 e. The summed E-state index contributed by atoms with van der Waals surface area (Å²) in [4.78, 5) is 25.0. The van der Waals surface area contributed by atoms with E-state index < -0.39 is 6.10 Å². The second-order valence-electron chi connectivity index (χ2n) is 10.8. The third-order valence-corrected chi connectivity index (χ3v) is 9.43. The molecule has 0 spiro atoms. The van der Waals surface area contributed by atoms with Gasteiger partial charge in [-0.15, -0.1) is 0 Å². The molecular formula is C26H32N2O4. The molecule has 5 rings (SSSR count). The number of fused-ring (bicyclic) bond motifs is 5. The maximum atomic E-state index is 12.3. The number of aliphatic hydroxyl groups excluding tert-OH is 1. The molecule has 0 saturated heterocycles. The summed E-state index contributed by atoms with van der Waals surface area (Å²) in [5, 5.41) is 22.5. The maximum absolute atomic E-state index is 12.3. The number of carbonyl (C=O) groups is 1. The van der Waals surface area contributed by atoms with Crippen LogP contribution in [0, 0.1) is 38.7 Å². The number of nitrogens with zero attached hydrogens (tertiary/aromatic N) is 2. The minimum Gasteiger partial charge on any atom is -0.388 e. The van der Waals surface area contributed by atoms with Crippen LogP contribution in [0.3, 0.4) is 0 Å². The summed E-state index contributed by atoms with van der Waals surface area (Å²) >= 11 is 0. The molecular weight excluding hydrogens is 404 g/mol. The van der Waals surface area contributed by atoms with Gasteiger partial charge >= 0.3 is 0 Å². The minimum absolute atomic E-state index is 0.0234. The van der Waals surface area contributed by atoms with Crippen LogP contribution in [0.25, 0.3) is 6.08 Å². The zero-order valence-corrected chi connectivity index (χ0v) is 19.0. The van der Waals surface area contributed by atoms with Gasteiger partial charge in [-0.25, -0.2) is 0 Å². The lowest BCUT2D eigenvalue weighted by molar-refractivity contribution is -0.384. The van der Waals surface area contributed by atoms with Gasteiger partial charge < -0.3 is 10.0 Å². The Morgan fingerprint density at radius 3 is 2.75 bits per heavy atom. The van der Waals surface area contributed by atoms with Crippen molar-refractivity contribution >= 4 is 17.7 Å². The predicted molar refractivity (Wildman–Crippen MR) is 123 cm³/mol. The molecule has 0 bridgehead atoms. The highest BCUT2D eigenvalue weighted by Crippen LogP contribution is 2.65. The van der Waals surface area contributed by atoms with Crippen molar-refractivity contribution in [1.82, 2.24) is 4.90 Å². The van der Waals surface area contributed by atoms with E-state index in [1.807, 2.05) is 24.1 Å². The monoisotopic (exact) mass is 436 g/mol. The standard InChI is InChI=1S/C26H32N2O4/c1-25-12-10-23(29)27(3)22(25)8-7-19-20(25)9-11-26(2)21(19)15-17(24(26)30)13-16-5-4-6-18(14-16)28(31)32/h4-6,10,12-14,19-22,24,30H,7-9,11,15H2,1-3H3/b17-13+/t19-,20+,21+,22-,24+,25-,26+/m1/s1. The molecule has 3 aliphatic carbocycles. The number of hydrogen-bond donors (Lipinski definition) is 1. The summed E-state index contributed by atoms with van der Waals surface area (Å²) in [6.45, 7) is 4.55. The van der Waals surface area contributed by atoms with Crippen LogP contribution in [0.1, 0.15) is 51.5 Å². The number of hydrogen-bond acceptors (Lipinski definition) is 4. The molecule has 1 aromatic carbocycles. The molecule has 6 heteroatoms. The zero-order chi connectivity index (χ0) is 22.8. The molecule has 1 aromatic rings. The van der Waals surface area contributed by atoms with Crippen LogP contribution < -0.4 is 0 Å². The molecule has 1 heterocycles. The third kappa shape index (κ3) is 2.99. The van der Waals surface area contributed by atoms with Gasteiger partial charge in [-0.05, 0) is 67.1 Å². The summed E-state index contributed by atoms with van der Waals surface area (Å²) in [5.41, 5.74) is 1.65. The SMILES string of the molecule is CN1C(=O)C=C[C@]2(C)[C@H]3CC[C@]4(C)[C@@H](O)/C(=C/c5cccc([N+](=O)[O-])c5)C[C@H]4[C@@H]3CC[C@@H]12. The first-order chi connectivity index (χ1) is 15.1. The van der Waals surface area contributed by atoms with E-state index in [9.17, 15) is 20.0 Å². The molecule has 6 nitrogen and oxygen atoms in total. The van der Waals surface area contributed by atoms with Crippen molar-refractivity contribution < 1.29 is 14.8 Å². The van der Waals surface area contributed by atoms with E-state index in [4.69, 9.17) is 0 Å². The van der Waals surface area contributed by atoms with E-state index in [1.165, 1.54) is 6.07 Å². The highest BCUT2D eigenvalue weighted by molar-refractivity contribution is 5.89. The van der Waals surface area contributed by atoms with E-state index >= 15 is 0 Å². The van der Waals surface area contributed by atoms with E-state index in [1.54, 1.807) is 18.2 Å². The second kappa shape index (κ2) is 7.27. The van der Waals surface area contributed by atoms with Gasteiger partial charge in [0.2, 0.25) is 5.91 Å². The molecule has 0 radical (unpaired) electrons. The molecule has 3 saturated carbocycles. The Bertz CT molecular complexity index is 1030. The Kier molecular flexibility index (Phi) is 4.86. The van der Waals surface area contributed by atoms with E-state index in [-0.39, 0.29) is 33.4 Å². The summed E-state index contributed by atoms with van der Waals surface area (Å²) < 4.78 is 0. The van der Waals surface area contributed by atoms with E-state index in [0.29, 0.717) is 17.8 Å². The number of carbonyl (C=O) groups excluding carboxylic acids is 1. The molecule has 3 fully saturated rings. The highest BCUT2D eigenvalue weighted by atomic mass is 16.6. The number of aliphatic hydroxyl groups is 1. The molecule has 4 aliphatic rings. The van der Waals surface area contributed by atoms with Gasteiger partial charge in [-0.1, -0.05) is 38.1 Å². The summed E-state index contributed by atoms with van der Waals surface area (Å²) in [6.07, 6.45) is 10.3. The number of benzene rings is 1. The first kappa shape index (κ1) is 21.4. The number of non-ortho nitro benzene ring substituents is 1. The molecule has 0 unspecified atom stereocenters. The van der Waals surface area contributed by atoms with Crippen LogP contribution in [0.2, 0.25) is 0 Å². The fourth-order valence-electron chi connectivity index (χ4n) is 7.68. The van der Waals surface area contributed by atoms with Crippen LogP contribution >= 0.6 is 0 Å². The van der Waals surface area contributed by atoms with Crippen LogP contribution in [0.15, 0.2) is 42.0 Å². The first-order valence-corrected chi connectivity index (χ1v) is 11.7. The molecule has 0 aromatic heterocycles. The number of nitro groups is 1. The largest absolute Gasteiger partial charge is 0.388 e. The van der Waals surface area contributed by atoms with Gasteiger partial charge in [0.1, 0.15) is 0 Å². The predicted octanol–water partition coefficient (Wildman–Crippen LogP) is 4.59. The Labute approximate surface area is 189 Å². The molecule has 1 N–H and O–H groups in total. The van der Waals surface area contributed by atoms with Crippen LogP contribution in [-0.4, -0.2) is 40.0 Å². The van der Waals surface area contributed by atoms with Crippen LogP contribution in [0.4, 0.5) is 5.69 Å². The Balaban J connectivity index is 1.47. The quantitative estimate of drug-likeness (QED) is 0.543. The van der Waals surface area contributed by atoms with Crippen molar-refractivity contribution in [3.63, 3.8) is 0 Å². The van der Waals surface area contributed by atoms with Gasteiger partial charge in [-0.3, -0.25) is 14.9 Å². The molecule has 32 heavy (non-hydrogen) atoms. The average Bonchev–Trinajstić information content (AvgIpc) is 3.02. The summed E-state index contributed by atoms with van der Waals surface area (Å²) in [7, 11) is 1.93. The number of rotatable bonds is 2. The fraction of sp³-hybridized carbons (Fsp3) is 0.577. The van der Waals surface area contributed by atoms with Gasteiger partial charge in [-0.2, -0.15) is 0 Å². The van der Waals surface area contributed by atoms with E-state index in [2.05, 4.69) is 19.9 Å². The van der Waals surface area contributed by atoms with Gasteiger partial charge in [0.05, 0.1) is 11.0 Å². The van der Waals surface area contributed by atoms with Crippen LogP contribution in [-0.2, 0) is 4.79 Å². The van der Waals surface area contributed by atoms with Crippen molar-refractivity contribution in [3.05, 3.63) is 57.7 Å². The molecule has 170 valence electrons. The average molecular weight is 437 g/mol. The molecule has 7 atom stereocenters. The molecule has 1 aliphatic heterocycles. The van der Waals surface area contributed by atoms with Crippen molar-refractivity contribution in [2.45, 2.75) is 58.1 Å². The Morgan fingerprint density at radius 2 is 2.00 bits per heavy atom. The minimum atomic E-state index is -0.524. The van der Waals surface area contributed by atoms with Gasteiger partial charge in [0.15, 0.2) is 0 Å².